The molecular formula is C23H28N2O2S. The number of aliphatic hydroxyl groups excluding tert-OH is 1. The highest BCUT2D eigenvalue weighted by atomic mass is 32.1. The number of fused-ring (bicyclic) bond motifs is 1. The third-order valence-corrected chi connectivity index (χ3v) is 5.71. The number of allylic oxidation sites excluding steroid dienone is 1. The molecule has 0 aliphatic rings. The van der Waals surface area contributed by atoms with Gasteiger partial charge in [0.25, 0.3) is 0 Å². The van der Waals surface area contributed by atoms with Crippen LogP contribution in [0.1, 0.15) is 35.0 Å². The number of carbonyl (C=O) groups is 1. The monoisotopic (exact) mass is 396 g/mol. The van der Waals surface area contributed by atoms with Crippen LogP contribution in [0.5, 0.6) is 0 Å². The summed E-state index contributed by atoms with van der Waals surface area (Å²) in [5, 5.41) is 13.5. The Balaban J connectivity index is 1.76. The lowest BCUT2D eigenvalue weighted by molar-refractivity contribution is 0.105. The van der Waals surface area contributed by atoms with Gasteiger partial charge in [-0.2, -0.15) is 0 Å². The number of ketones is 1. The second kappa shape index (κ2) is 9.82. The summed E-state index contributed by atoms with van der Waals surface area (Å²) in [5.74, 6) is 0.0180. The van der Waals surface area contributed by atoms with Gasteiger partial charge in [0.15, 0.2) is 5.78 Å². The first-order valence-corrected chi connectivity index (χ1v) is 10.7. The molecule has 0 spiro atoms. The lowest BCUT2D eigenvalue weighted by Gasteiger charge is -2.21. The summed E-state index contributed by atoms with van der Waals surface area (Å²) in [6.45, 7) is 4.35. The molecule has 0 saturated heterocycles. The highest BCUT2D eigenvalue weighted by molar-refractivity contribution is 7.12. The van der Waals surface area contributed by atoms with Crippen LogP contribution in [0.3, 0.4) is 0 Å². The molecule has 0 aliphatic carbocycles. The van der Waals surface area contributed by atoms with Gasteiger partial charge in [-0.25, -0.2) is 0 Å². The van der Waals surface area contributed by atoms with Crippen molar-refractivity contribution in [2.75, 3.05) is 20.1 Å². The number of rotatable bonds is 10. The first kappa shape index (κ1) is 20.5. The van der Waals surface area contributed by atoms with E-state index in [4.69, 9.17) is 0 Å². The minimum atomic E-state index is -0.442. The molecule has 0 fully saturated rings. The van der Waals surface area contributed by atoms with E-state index in [-0.39, 0.29) is 5.78 Å². The Morgan fingerprint density at radius 2 is 2.11 bits per heavy atom. The molecule has 4 nitrogen and oxygen atoms in total. The number of thiophene rings is 1. The average Bonchev–Trinajstić information content (AvgIpc) is 3.33. The van der Waals surface area contributed by atoms with Crippen molar-refractivity contribution in [3.63, 3.8) is 0 Å². The SMILES string of the molecule is CCCCN(C)CC(O)Cn1cc(C=CC(=O)c2cccs2)c2ccccc21. The van der Waals surface area contributed by atoms with Gasteiger partial charge in [0.1, 0.15) is 0 Å². The number of para-hydroxylation sites is 1. The third-order valence-electron chi connectivity index (χ3n) is 4.82. The molecule has 0 bridgehead atoms. The van der Waals surface area contributed by atoms with Crippen LogP contribution in [-0.2, 0) is 6.54 Å². The Labute approximate surface area is 170 Å². The first-order chi connectivity index (χ1) is 13.6. The molecule has 2 aromatic heterocycles. The van der Waals surface area contributed by atoms with Crippen LogP contribution in [0.25, 0.3) is 17.0 Å². The van der Waals surface area contributed by atoms with E-state index in [2.05, 4.69) is 35.6 Å². The van der Waals surface area contributed by atoms with E-state index in [1.165, 1.54) is 11.3 Å². The lowest BCUT2D eigenvalue weighted by atomic mass is 10.1. The Hall–Kier alpha value is -2.21. The summed E-state index contributed by atoms with van der Waals surface area (Å²) in [6, 6.07) is 11.8. The standard InChI is InChI=1S/C23H28N2O2S/c1-3-4-13-24(2)16-19(26)17-25-15-18(20-8-5-6-9-21(20)25)11-12-22(27)23-10-7-14-28-23/h5-12,14-15,19,26H,3-4,13,16-17H2,1-2H3. The van der Waals surface area contributed by atoms with Crippen molar-refractivity contribution in [3.8, 4) is 0 Å². The second-order valence-electron chi connectivity index (χ2n) is 7.20. The number of unbranched alkanes of at least 4 members (excludes halogenated alkanes) is 1. The highest BCUT2D eigenvalue weighted by Gasteiger charge is 2.13. The van der Waals surface area contributed by atoms with Crippen molar-refractivity contribution >= 4 is 34.1 Å². The van der Waals surface area contributed by atoms with Gasteiger partial charge in [-0.3, -0.25) is 4.79 Å². The minimum Gasteiger partial charge on any atom is -0.390 e. The predicted molar refractivity (Wildman–Crippen MR) is 118 cm³/mol. The molecule has 3 aromatic rings. The number of benzene rings is 1. The van der Waals surface area contributed by atoms with Crippen LogP contribution >= 0.6 is 11.3 Å². The summed E-state index contributed by atoms with van der Waals surface area (Å²) < 4.78 is 2.09. The quantitative estimate of drug-likeness (QED) is 0.399. The van der Waals surface area contributed by atoms with Crippen molar-refractivity contribution in [1.82, 2.24) is 9.47 Å². The van der Waals surface area contributed by atoms with Gasteiger partial charge < -0.3 is 14.6 Å². The molecule has 0 radical (unpaired) electrons. The molecule has 0 amide bonds. The third kappa shape index (κ3) is 5.19. The fourth-order valence-corrected chi connectivity index (χ4v) is 4.03. The number of hydrogen-bond donors (Lipinski definition) is 1. The molecule has 2 heterocycles. The summed E-state index contributed by atoms with van der Waals surface area (Å²) in [7, 11) is 2.05. The Morgan fingerprint density at radius 1 is 1.29 bits per heavy atom. The van der Waals surface area contributed by atoms with Gasteiger partial charge in [-0.1, -0.05) is 37.6 Å². The van der Waals surface area contributed by atoms with E-state index in [0.717, 1.165) is 40.7 Å². The fraction of sp³-hybridized carbons (Fsp3) is 0.348. The summed E-state index contributed by atoms with van der Waals surface area (Å²) >= 11 is 1.45. The fourth-order valence-electron chi connectivity index (χ4n) is 3.39. The molecule has 1 aromatic carbocycles. The van der Waals surface area contributed by atoms with E-state index < -0.39 is 6.10 Å². The Morgan fingerprint density at radius 3 is 2.86 bits per heavy atom. The van der Waals surface area contributed by atoms with Gasteiger partial charge >= 0.3 is 0 Å². The molecule has 28 heavy (non-hydrogen) atoms. The van der Waals surface area contributed by atoms with Crippen LogP contribution in [0.4, 0.5) is 0 Å². The zero-order valence-electron chi connectivity index (χ0n) is 16.5. The zero-order valence-corrected chi connectivity index (χ0v) is 17.4. The summed E-state index contributed by atoms with van der Waals surface area (Å²) in [6.07, 6.45) is 7.39. The first-order valence-electron chi connectivity index (χ1n) is 9.79. The smallest absolute Gasteiger partial charge is 0.195 e. The van der Waals surface area contributed by atoms with E-state index in [1.807, 2.05) is 41.9 Å². The number of aliphatic hydroxyl groups is 1. The molecule has 148 valence electrons. The van der Waals surface area contributed by atoms with Gasteiger partial charge in [0, 0.05) is 35.8 Å². The van der Waals surface area contributed by atoms with Crippen molar-refractivity contribution in [1.29, 1.82) is 0 Å². The molecular weight excluding hydrogens is 368 g/mol. The van der Waals surface area contributed by atoms with Crippen molar-refractivity contribution in [2.24, 2.45) is 0 Å². The molecule has 0 aliphatic heterocycles. The normalized spacial score (nSPS) is 13.0. The Kier molecular flexibility index (Phi) is 7.20. The van der Waals surface area contributed by atoms with Crippen LogP contribution in [0, 0.1) is 0 Å². The summed E-state index contributed by atoms with van der Waals surface area (Å²) in [4.78, 5) is 15.2. The van der Waals surface area contributed by atoms with Crippen molar-refractivity contribution in [3.05, 3.63) is 64.5 Å². The molecule has 3 rings (SSSR count). The largest absolute Gasteiger partial charge is 0.390 e. The van der Waals surface area contributed by atoms with Crippen LogP contribution in [-0.4, -0.2) is 46.6 Å². The molecule has 1 N–H and O–H groups in total. The molecule has 5 heteroatoms. The number of aromatic nitrogens is 1. The van der Waals surface area contributed by atoms with Crippen LogP contribution in [0.2, 0.25) is 0 Å². The van der Waals surface area contributed by atoms with Crippen LogP contribution < -0.4 is 0 Å². The zero-order chi connectivity index (χ0) is 19.9. The van der Waals surface area contributed by atoms with Gasteiger partial charge in [0.2, 0.25) is 0 Å². The maximum atomic E-state index is 12.3. The minimum absolute atomic E-state index is 0.0180. The Bertz CT molecular complexity index is 927. The average molecular weight is 397 g/mol. The number of hydrogen-bond acceptors (Lipinski definition) is 4. The molecule has 0 saturated carbocycles. The topological polar surface area (TPSA) is 45.5 Å². The molecule has 1 atom stereocenters. The second-order valence-corrected chi connectivity index (χ2v) is 8.15. The van der Waals surface area contributed by atoms with E-state index in [0.29, 0.717) is 13.1 Å². The maximum Gasteiger partial charge on any atom is 0.195 e. The number of carbonyl (C=O) groups excluding carboxylic acids is 1. The predicted octanol–water partition coefficient (Wildman–Crippen LogP) is 4.69. The lowest BCUT2D eigenvalue weighted by Crippen LogP contribution is -2.32. The van der Waals surface area contributed by atoms with Crippen molar-refractivity contribution < 1.29 is 9.90 Å². The maximum absolute atomic E-state index is 12.3. The molecule has 1 unspecified atom stereocenters. The summed E-state index contributed by atoms with van der Waals surface area (Å²) in [5.41, 5.74) is 2.06. The van der Waals surface area contributed by atoms with Crippen LogP contribution in [0.15, 0.2) is 54.1 Å². The van der Waals surface area contributed by atoms with Crippen molar-refractivity contribution in [2.45, 2.75) is 32.4 Å². The van der Waals surface area contributed by atoms with E-state index in [9.17, 15) is 9.90 Å². The van der Waals surface area contributed by atoms with Gasteiger partial charge in [0.05, 0.1) is 11.0 Å². The van der Waals surface area contributed by atoms with Gasteiger partial charge in [-0.15, -0.1) is 11.3 Å². The van der Waals surface area contributed by atoms with Gasteiger partial charge in [-0.05, 0) is 49.7 Å². The number of likely N-dealkylation sites (N-methyl/N-ethyl adjacent to an activating group) is 1. The number of nitrogens with zero attached hydrogens (tertiary/aromatic N) is 2. The van der Waals surface area contributed by atoms with E-state index >= 15 is 0 Å². The van der Waals surface area contributed by atoms with E-state index in [1.54, 1.807) is 6.08 Å². The highest BCUT2D eigenvalue weighted by Crippen LogP contribution is 2.23.